The van der Waals surface area contributed by atoms with E-state index in [-0.39, 0.29) is 16.7 Å². The average molecular weight is 422 g/mol. The largest absolute Gasteiger partial charge is 0.417 e. The molecule has 0 heterocycles. The zero-order chi connectivity index (χ0) is 21.8. The van der Waals surface area contributed by atoms with Gasteiger partial charge in [0.15, 0.2) is 0 Å². The van der Waals surface area contributed by atoms with E-state index in [0.29, 0.717) is 11.8 Å². The summed E-state index contributed by atoms with van der Waals surface area (Å²) in [6, 6.07) is 12.2. The number of carbonyl (C=O) groups excluding carboxylic acids is 1. The predicted molar refractivity (Wildman–Crippen MR) is 108 cm³/mol. The Hall–Kier alpha value is -2.98. The highest BCUT2D eigenvalue weighted by atomic mass is 35.5. The molecule has 0 saturated heterocycles. The number of hydrogen-bond acceptors (Lipinski definition) is 3. The van der Waals surface area contributed by atoms with Crippen LogP contribution in [-0.2, 0) is 16.4 Å². The van der Waals surface area contributed by atoms with Gasteiger partial charge in [-0.25, -0.2) is 0 Å². The molecular weight excluding hydrogens is 403 g/mol. The lowest BCUT2D eigenvalue weighted by atomic mass is 9.87. The molecule has 2 N–H and O–H groups in total. The van der Waals surface area contributed by atoms with Crippen LogP contribution in [0.3, 0.4) is 0 Å². The van der Waals surface area contributed by atoms with Gasteiger partial charge in [0.05, 0.1) is 10.6 Å². The number of nitrogens with one attached hydrogen (secondary N) is 2. The smallest absolute Gasteiger partial charge is 0.360 e. The summed E-state index contributed by atoms with van der Waals surface area (Å²) in [6.07, 6.45) is -3.46. The van der Waals surface area contributed by atoms with Crippen molar-refractivity contribution in [1.29, 1.82) is 5.26 Å². The minimum Gasteiger partial charge on any atom is -0.360 e. The molecule has 0 fully saturated rings. The molecule has 0 aliphatic carbocycles. The summed E-state index contributed by atoms with van der Waals surface area (Å²) < 4.78 is 38.8. The molecule has 29 heavy (non-hydrogen) atoms. The SMILES string of the molecule is CC(C)(C)c1ccc(N/C=C(/C#N)C(=O)Nc2ccc(Cl)c(C(F)(F)F)c2)cc1. The maximum absolute atomic E-state index is 12.9. The van der Waals surface area contributed by atoms with Crippen LogP contribution >= 0.6 is 11.6 Å². The molecule has 0 aliphatic rings. The van der Waals surface area contributed by atoms with Crippen molar-refractivity contribution in [1.82, 2.24) is 0 Å². The van der Waals surface area contributed by atoms with Crippen molar-refractivity contribution in [2.24, 2.45) is 0 Å². The molecule has 0 bridgehead atoms. The van der Waals surface area contributed by atoms with E-state index in [4.69, 9.17) is 11.6 Å². The lowest BCUT2D eigenvalue weighted by molar-refractivity contribution is -0.137. The molecule has 2 aromatic rings. The minimum absolute atomic E-state index is 0.0140. The van der Waals surface area contributed by atoms with Crippen LogP contribution in [0.15, 0.2) is 54.2 Å². The first-order valence-corrected chi connectivity index (χ1v) is 8.95. The van der Waals surface area contributed by atoms with Gasteiger partial charge in [0, 0.05) is 17.6 Å². The topological polar surface area (TPSA) is 64.9 Å². The van der Waals surface area contributed by atoms with E-state index in [1.54, 1.807) is 18.2 Å². The predicted octanol–water partition coefficient (Wildman–Crippen LogP) is 6.11. The molecule has 1 amide bonds. The van der Waals surface area contributed by atoms with Gasteiger partial charge in [-0.3, -0.25) is 4.79 Å². The Labute approximate surface area is 172 Å². The molecule has 0 saturated carbocycles. The third-order valence-corrected chi connectivity index (χ3v) is 4.36. The first kappa shape index (κ1) is 22.3. The van der Waals surface area contributed by atoms with Gasteiger partial charge in [-0.05, 0) is 41.3 Å². The first-order valence-electron chi connectivity index (χ1n) is 8.57. The van der Waals surface area contributed by atoms with Crippen molar-refractivity contribution in [3.05, 3.63) is 70.4 Å². The van der Waals surface area contributed by atoms with E-state index in [9.17, 15) is 23.2 Å². The van der Waals surface area contributed by atoms with Gasteiger partial charge in [0.2, 0.25) is 0 Å². The van der Waals surface area contributed by atoms with Crippen molar-refractivity contribution in [2.45, 2.75) is 32.4 Å². The highest BCUT2D eigenvalue weighted by Gasteiger charge is 2.33. The van der Waals surface area contributed by atoms with Crippen molar-refractivity contribution in [2.75, 3.05) is 10.6 Å². The molecular formula is C21H19ClF3N3O. The highest BCUT2D eigenvalue weighted by molar-refractivity contribution is 6.31. The van der Waals surface area contributed by atoms with E-state index in [2.05, 4.69) is 31.4 Å². The lowest BCUT2D eigenvalue weighted by Gasteiger charge is -2.19. The number of rotatable bonds is 4. The Morgan fingerprint density at radius 2 is 1.66 bits per heavy atom. The number of nitriles is 1. The number of anilines is 2. The molecule has 0 aliphatic heterocycles. The average Bonchev–Trinajstić information content (AvgIpc) is 2.62. The zero-order valence-electron chi connectivity index (χ0n) is 16.0. The molecule has 0 atom stereocenters. The standard InChI is InChI=1S/C21H19ClF3N3O/c1-20(2,3)14-4-6-15(7-5-14)27-12-13(11-26)19(29)28-16-8-9-18(22)17(10-16)21(23,24)25/h4-10,12,27H,1-3H3,(H,28,29)/b13-12-. The fourth-order valence-corrected chi connectivity index (χ4v) is 2.61. The van der Waals surface area contributed by atoms with E-state index in [1.165, 1.54) is 12.3 Å². The summed E-state index contributed by atoms with van der Waals surface area (Å²) in [7, 11) is 0. The quantitative estimate of drug-likeness (QED) is 0.462. The van der Waals surface area contributed by atoms with Crippen LogP contribution in [0.5, 0.6) is 0 Å². The van der Waals surface area contributed by atoms with Crippen LogP contribution in [0.4, 0.5) is 24.5 Å². The molecule has 4 nitrogen and oxygen atoms in total. The van der Waals surface area contributed by atoms with Gasteiger partial charge >= 0.3 is 6.18 Å². The van der Waals surface area contributed by atoms with Crippen LogP contribution < -0.4 is 10.6 Å². The summed E-state index contributed by atoms with van der Waals surface area (Å²) in [5, 5.41) is 13.8. The van der Waals surface area contributed by atoms with Crippen LogP contribution in [-0.4, -0.2) is 5.91 Å². The monoisotopic (exact) mass is 421 g/mol. The minimum atomic E-state index is -4.66. The summed E-state index contributed by atoms with van der Waals surface area (Å²) in [5.41, 5.74) is 0.269. The molecule has 0 aromatic heterocycles. The number of nitrogens with zero attached hydrogens (tertiary/aromatic N) is 1. The molecule has 0 unspecified atom stereocenters. The number of halogens is 4. The number of carbonyl (C=O) groups is 1. The van der Waals surface area contributed by atoms with Crippen molar-refractivity contribution < 1.29 is 18.0 Å². The first-order chi connectivity index (χ1) is 13.4. The Kier molecular flexibility index (Phi) is 6.60. The molecule has 152 valence electrons. The van der Waals surface area contributed by atoms with Gasteiger partial charge < -0.3 is 10.6 Å². The Morgan fingerprint density at radius 1 is 1.07 bits per heavy atom. The maximum atomic E-state index is 12.9. The van der Waals surface area contributed by atoms with E-state index < -0.39 is 22.7 Å². The maximum Gasteiger partial charge on any atom is 0.417 e. The lowest BCUT2D eigenvalue weighted by Crippen LogP contribution is -2.15. The van der Waals surface area contributed by atoms with Crippen LogP contribution in [0.25, 0.3) is 0 Å². The molecule has 0 radical (unpaired) electrons. The van der Waals surface area contributed by atoms with Gasteiger partial charge in [-0.15, -0.1) is 0 Å². The Bertz CT molecular complexity index is 969. The van der Waals surface area contributed by atoms with Crippen molar-refractivity contribution in [3.8, 4) is 6.07 Å². The molecule has 8 heteroatoms. The van der Waals surface area contributed by atoms with Crippen molar-refractivity contribution >= 4 is 28.9 Å². The number of benzene rings is 2. The number of hydrogen-bond donors (Lipinski definition) is 2. The van der Waals surface area contributed by atoms with Crippen LogP contribution in [0, 0.1) is 11.3 Å². The van der Waals surface area contributed by atoms with E-state index in [1.807, 2.05) is 12.1 Å². The third kappa shape index (κ3) is 6.00. The second kappa shape index (κ2) is 8.58. The van der Waals surface area contributed by atoms with Crippen LogP contribution in [0.2, 0.25) is 5.02 Å². The van der Waals surface area contributed by atoms with Gasteiger partial charge in [-0.2, -0.15) is 18.4 Å². The fraction of sp³-hybridized carbons (Fsp3) is 0.238. The number of amides is 1. The Morgan fingerprint density at radius 3 is 2.17 bits per heavy atom. The fourth-order valence-electron chi connectivity index (χ4n) is 2.39. The summed E-state index contributed by atoms with van der Waals surface area (Å²) in [5.74, 6) is -0.846. The zero-order valence-corrected chi connectivity index (χ0v) is 16.7. The highest BCUT2D eigenvalue weighted by Crippen LogP contribution is 2.36. The molecule has 0 spiro atoms. The van der Waals surface area contributed by atoms with Crippen molar-refractivity contribution in [3.63, 3.8) is 0 Å². The molecule has 2 rings (SSSR count). The third-order valence-electron chi connectivity index (χ3n) is 4.03. The van der Waals surface area contributed by atoms with E-state index in [0.717, 1.165) is 11.6 Å². The number of alkyl halides is 3. The van der Waals surface area contributed by atoms with Gasteiger partial charge in [-0.1, -0.05) is 44.5 Å². The summed E-state index contributed by atoms with van der Waals surface area (Å²) in [6.45, 7) is 6.23. The normalized spacial score (nSPS) is 12.3. The van der Waals surface area contributed by atoms with Crippen LogP contribution in [0.1, 0.15) is 31.9 Å². The second-order valence-electron chi connectivity index (χ2n) is 7.29. The molecule has 2 aromatic carbocycles. The van der Waals surface area contributed by atoms with Gasteiger partial charge in [0.1, 0.15) is 11.6 Å². The van der Waals surface area contributed by atoms with E-state index >= 15 is 0 Å². The van der Waals surface area contributed by atoms with Gasteiger partial charge in [0.25, 0.3) is 5.91 Å². The summed E-state index contributed by atoms with van der Waals surface area (Å²) in [4.78, 5) is 12.2. The summed E-state index contributed by atoms with van der Waals surface area (Å²) >= 11 is 5.56. The Balaban J connectivity index is 2.14. The second-order valence-corrected chi connectivity index (χ2v) is 7.70.